The Hall–Kier alpha value is -0.750. The van der Waals surface area contributed by atoms with Gasteiger partial charge >= 0.3 is 0 Å². The van der Waals surface area contributed by atoms with E-state index in [0.717, 1.165) is 38.6 Å². The van der Waals surface area contributed by atoms with Crippen molar-refractivity contribution in [2.45, 2.75) is 115 Å². The number of hydrogen-bond donors (Lipinski definition) is 2. The zero-order chi connectivity index (χ0) is 19.9. The van der Waals surface area contributed by atoms with Gasteiger partial charge in [-0.2, -0.15) is 0 Å². The summed E-state index contributed by atoms with van der Waals surface area (Å²) in [6.45, 7) is 9.03. The van der Waals surface area contributed by atoms with Crippen LogP contribution in [0.15, 0.2) is 12.2 Å². The van der Waals surface area contributed by atoms with Crippen molar-refractivity contribution in [3.8, 4) is 0 Å². The van der Waals surface area contributed by atoms with Crippen molar-refractivity contribution < 1.29 is 19.4 Å². The first-order valence-corrected chi connectivity index (χ1v) is 10.9. The molecule has 2 heterocycles. The predicted molar refractivity (Wildman–Crippen MR) is 108 cm³/mol. The van der Waals surface area contributed by atoms with Crippen molar-refractivity contribution in [3.63, 3.8) is 0 Å². The predicted octanol–water partition coefficient (Wildman–Crippen LogP) is 3.54. The third-order valence-corrected chi connectivity index (χ3v) is 6.27. The molecule has 0 aliphatic carbocycles. The van der Waals surface area contributed by atoms with Crippen molar-refractivity contribution in [1.82, 2.24) is 5.32 Å². The zero-order valence-electron chi connectivity index (χ0n) is 17.6. The van der Waals surface area contributed by atoms with E-state index in [9.17, 15) is 9.90 Å². The number of rotatable bonds is 11. The second-order valence-corrected chi connectivity index (χ2v) is 8.02. The Labute approximate surface area is 164 Å². The van der Waals surface area contributed by atoms with E-state index in [-0.39, 0.29) is 24.1 Å². The number of ether oxygens (including phenoxy) is 2. The molecule has 0 saturated carbocycles. The third-order valence-electron chi connectivity index (χ3n) is 6.27. The molecule has 2 N–H and O–H groups in total. The van der Waals surface area contributed by atoms with E-state index < -0.39 is 11.7 Å². The summed E-state index contributed by atoms with van der Waals surface area (Å²) in [5, 5.41) is 14.0. The van der Waals surface area contributed by atoms with Gasteiger partial charge in [0.1, 0.15) is 11.7 Å². The molecule has 4 atom stereocenters. The summed E-state index contributed by atoms with van der Waals surface area (Å²) in [4.78, 5) is 12.5. The molecule has 0 aromatic heterocycles. The highest BCUT2D eigenvalue weighted by Crippen LogP contribution is 2.29. The zero-order valence-corrected chi connectivity index (χ0v) is 17.6. The molecule has 2 saturated heterocycles. The fourth-order valence-corrected chi connectivity index (χ4v) is 4.04. The molecule has 4 unspecified atom stereocenters. The molecular weight excluding hydrogens is 342 g/mol. The van der Waals surface area contributed by atoms with Gasteiger partial charge < -0.3 is 19.9 Å². The van der Waals surface area contributed by atoms with E-state index in [1.165, 1.54) is 0 Å². The van der Waals surface area contributed by atoms with E-state index in [4.69, 9.17) is 9.47 Å². The average Bonchev–Trinajstić information content (AvgIpc) is 3.35. The molecule has 2 aliphatic heterocycles. The summed E-state index contributed by atoms with van der Waals surface area (Å²) >= 11 is 0. The quantitative estimate of drug-likeness (QED) is 0.536. The number of aliphatic hydroxyl groups is 1. The van der Waals surface area contributed by atoms with E-state index in [2.05, 4.69) is 25.2 Å². The van der Waals surface area contributed by atoms with Crippen LogP contribution in [0, 0.1) is 0 Å². The SMILES string of the molecule is CCC(CC)NCC1CCC(/C=C\C2CCC(C(=O)C(O)(CC)CC)O2)O1. The molecule has 0 radical (unpaired) electrons. The Balaban J connectivity index is 1.75. The lowest BCUT2D eigenvalue weighted by Gasteiger charge is -2.26. The highest BCUT2D eigenvalue weighted by atomic mass is 16.5. The lowest BCUT2D eigenvalue weighted by Crippen LogP contribution is -2.44. The maximum Gasteiger partial charge on any atom is 0.192 e. The molecule has 5 heteroatoms. The first-order chi connectivity index (χ1) is 13.0. The number of carbonyl (C=O) groups is 1. The largest absolute Gasteiger partial charge is 0.382 e. The molecular formula is C22H39NO4. The van der Waals surface area contributed by atoms with Crippen LogP contribution in [-0.4, -0.2) is 53.5 Å². The highest BCUT2D eigenvalue weighted by Gasteiger charge is 2.41. The fourth-order valence-electron chi connectivity index (χ4n) is 4.04. The molecule has 5 nitrogen and oxygen atoms in total. The highest BCUT2D eigenvalue weighted by molar-refractivity contribution is 5.91. The van der Waals surface area contributed by atoms with Gasteiger partial charge in [-0.25, -0.2) is 0 Å². The first-order valence-electron chi connectivity index (χ1n) is 10.9. The van der Waals surface area contributed by atoms with Gasteiger partial charge in [-0.15, -0.1) is 0 Å². The fraction of sp³-hybridized carbons (Fsp3) is 0.864. The summed E-state index contributed by atoms with van der Waals surface area (Å²) in [5.74, 6) is -0.159. The number of ketones is 1. The molecule has 0 bridgehead atoms. The molecule has 2 aliphatic rings. The van der Waals surface area contributed by atoms with Gasteiger partial charge in [0.05, 0.1) is 18.3 Å². The van der Waals surface area contributed by atoms with Gasteiger partial charge in [0.15, 0.2) is 5.78 Å². The first kappa shape index (κ1) is 22.5. The summed E-state index contributed by atoms with van der Waals surface area (Å²) in [6.07, 6.45) is 10.8. The summed E-state index contributed by atoms with van der Waals surface area (Å²) in [7, 11) is 0. The monoisotopic (exact) mass is 381 g/mol. The summed E-state index contributed by atoms with van der Waals surface area (Å²) in [5.41, 5.74) is -1.24. The molecule has 0 aromatic carbocycles. The van der Waals surface area contributed by atoms with Gasteiger partial charge in [0.2, 0.25) is 0 Å². The van der Waals surface area contributed by atoms with Crippen molar-refractivity contribution in [1.29, 1.82) is 0 Å². The standard InChI is InChI=1S/C22H39NO4/c1-5-16(6-2)23-15-19-12-11-17(26-19)9-10-18-13-14-20(27-18)21(24)22(25,7-3)8-4/h9-10,16-20,23,25H,5-8,11-15H2,1-4H3/b10-9-. The van der Waals surface area contributed by atoms with Crippen LogP contribution >= 0.6 is 0 Å². The Bertz CT molecular complexity index is 485. The minimum atomic E-state index is -1.24. The van der Waals surface area contributed by atoms with Crippen LogP contribution in [0.5, 0.6) is 0 Å². The van der Waals surface area contributed by atoms with Crippen LogP contribution in [-0.2, 0) is 14.3 Å². The average molecular weight is 382 g/mol. The normalized spacial score (nSPS) is 29.3. The number of Topliss-reactive ketones (excluding diaryl/α,β-unsaturated/α-hetero) is 1. The van der Waals surface area contributed by atoms with E-state index in [1.54, 1.807) is 0 Å². The van der Waals surface area contributed by atoms with Crippen molar-refractivity contribution in [2.24, 2.45) is 0 Å². The molecule has 2 fully saturated rings. The number of carbonyl (C=O) groups excluding carboxylic acids is 1. The summed E-state index contributed by atoms with van der Waals surface area (Å²) in [6, 6.07) is 0.578. The van der Waals surface area contributed by atoms with Gasteiger partial charge in [-0.3, -0.25) is 4.79 Å². The van der Waals surface area contributed by atoms with Crippen molar-refractivity contribution in [2.75, 3.05) is 6.54 Å². The lowest BCUT2D eigenvalue weighted by atomic mass is 9.88. The number of hydrogen-bond acceptors (Lipinski definition) is 5. The van der Waals surface area contributed by atoms with E-state index >= 15 is 0 Å². The van der Waals surface area contributed by atoms with Crippen molar-refractivity contribution >= 4 is 5.78 Å². The maximum absolute atomic E-state index is 12.5. The molecule has 0 spiro atoms. The lowest BCUT2D eigenvalue weighted by molar-refractivity contribution is -0.148. The summed E-state index contributed by atoms with van der Waals surface area (Å²) < 4.78 is 12.0. The maximum atomic E-state index is 12.5. The topological polar surface area (TPSA) is 67.8 Å². The molecule has 2 rings (SSSR count). The van der Waals surface area contributed by atoms with Crippen LogP contribution < -0.4 is 5.32 Å². The Morgan fingerprint density at radius 2 is 1.63 bits per heavy atom. The molecule has 0 aromatic rings. The minimum Gasteiger partial charge on any atom is -0.382 e. The van der Waals surface area contributed by atoms with Gasteiger partial charge in [0.25, 0.3) is 0 Å². The van der Waals surface area contributed by atoms with Gasteiger partial charge in [0, 0.05) is 12.6 Å². The second kappa shape index (κ2) is 10.7. The van der Waals surface area contributed by atoms with Crippen LogP contribution in [0.3, 0.4) is 0 Å². The molecule has 156 valence electrons. The minimum absolute atomic E-state index is 0.0535. The van der Waals surface area contributed by atoms with Crippen LogP contribution in [0.4, 0.5) is 0 Å². The molecule has 27 heavy (non-hydrogen) atoms. The van der Waals surface area contributed by atoms with E-state index in [0.29, 0.717) is 25.3 Å². The van der Waals surface area contributed by atoms with Crippen LogP contribution in [0.2, 0.25) is 0 Å². The Morgan fingerprint density at radius 3 is 2.22 bits per heavy atom. The van der Waals surface area contributed by atoms with Crippen LogP contribution in [0.25, 0.3) is 0 Å². The van der Waals surface area contributed by atoms with Gasteiger partial charge in [-0.1, -0.05) is 39.8 Å². The van der Waals surface area contributed by atoms with E-state index in [1.807, 2.05) is 19.9 Å². The Morgan fingerprint density at radius 1 is 1.04 bits per heavy atom. The van der Waals surface area contributed by atoms with Gasteiger partial charge in [-0.05, 0) is 51.4 Å². The number of nitrogens with one attached hydrogen (secondary N) is 1. The van der Waals surface area contributed by atoms with Crippen molar-refractivity contribution in [3.05, 3.63) is 12.2 Å². The second-order valence-electron chi connectivity index (χ2n) is 8.02. The van der Waals surface area contributed by atoms with Crippen LogP contribution in [0.1, 0.15) is 79.1 Å². The smallest absolute Gasteiger partial charge is 0.192 e. The molecule has 0 amide bonds. The third kappa shape index (κ3) is 6.11. The Kier molecular flexibility index (Phi) is 8.93.